The number of aryl methyl sites for hydroxylation is 1. The number of hydrogen-bond acceptors (Lipinski definition) is 4. The molecule has 1 aliphatic carbocycles. The maximum absolute atomic E-state index is 12.9. The van der Waals surface area contributed by atoms with Crippen LogP contribution in [0.2, 0.25) is 0 Å². The summed E-state index contributed by atoms with van der Waals surface area (Å²) < 4.78 is 0. The standard InChI is InChI=1S/C25H30O4/c1-15(2)18-11-9-16(3)13-19(18)23-21(27)14-22(28)24(25(23)29)20(26)12-10-17-7-5-4-6-8-17/h4-8,13-15,18-19,27-29H,9-12H2,1-3H3. The summed E-state index contributed by atoms with van der Waals surface area (Å²) in [5, 5.41) is 31.9. The lowest BCUT2D eigenvalue weighted by Gasteiger charge is -2.34. The Labute approximate surface area is 172 Å². The molecule has 0 heterocycles. The fraction of sp³-hybridized carbons (Fsp3) is 0.400. The Morgan fingerprint density at radius 1 is 1.10 bits per heavy atom. The molecule has 2 unspecified atom stereocenters. The lowest BCUT2D eigenvalue weighted by Crippen LogP contribution is -2.21. The molecule has 2 aromatic rings. The van der Waals surface area contributed by atoms with Crippen LogP contribution in [0.1, 0.15) is 67.4 Å². The monoisotopic (exact) mass is 394 g/mol. The molecule has 0 aromatic heterocycles. The molecule has 0 spiro atoms. The van der Waals surface area contributed by atoms with Crippen LogP contribution < -0.4 is 0 Å². The lowest BCUT2D eigenvalue weighted by atomic mass is 9.71. The highest BCUT2D eigenvalue weighted by Gasteiger charge is 2.34. The molecule has 0 saturated carbocycles. The van der Waals surface area contributed by atoms with Gasteiger partial charge in [0.1, 0.15) is 22.8 Å². The van der Waals surface area contributed by atoms with Crippen LogP contribution in [0.15, 0.2) is 48.0 Å². The minimum atomic E-state index is -0.376. The summed E-state index contributed by atoms with van der Waals surface area (Å²) in [5.41, 5.74) is 2.48. The van der Waals surface area contributed by atoms with Gasteiger partial charge in [0.2, 0.25) is 0 Å². The number of carbonyl (C=O) groups excluding carboxylic acids is 1. The Hall–Kier alpha value is -2.75. The molecular weight excluding hydrogens is 364 g/mol. The van der Waals surface area contributed by atoms with Crippen molar-refractivity contribution in [2.24, 2.45) is 11.8 Å². The van der Waals surface area contributed by atoms with E-state index in [9.17, 15) is 20.1 Å². The van der Waals surface area contributed by atoms with Crippen LogP contribution in [-0.2, 0) is 6.42 Å². The van der Waals surface area contributed by atoms with Gasteiger partial charge in [-0.15, -0.1) is 0 Å². The number of phenols is 3. The van der Waals surface area contributed by atoms with E-state index in [1.54, 1.807) is 0 Å². The molecule has 0 amide bonds. The Morgan fingerprint density at radius 3 is 2.45 bits per heavy atom. The third kappa shape index (κ3) is 4.47. The van der Waals surface area contributed by atoms with Gasteiger partial charge in [0.05, 0.1) is 0 Å². The third-order valence-corrected chi connectivity index (χ3v) is 6.05. The second-order valence-corrected chi connectivity index (χ2v) is 8.45. The summed E-state index contributed by atoms with van der Waals surface area (Å²) in [6, 6.07) is 10.8. The average molecular weight is 395 g/mol. The molecule has 1 aliphatic rings. The van der Waals surface area contributed by atoms with E-state index in [0.29, 0.717) is 17.9 Å². The van der Waals surface area contributed by atoms with Crippen LogP contribution in [0.5, 0.6) is 17.2 Å². The van der Waals surface area contributed by atoms with E-state index in [1.807, 2.05) is 37.3 Å². The normalized spacial score (nSPS) is 19.2. The zero-order valence-electron chi connectivity index (χ0n) is 17.4. The molecule has 0 aliphatic heterocycles. The molecule has 0 fully saturated rings. The maximum atomic E-state index is 12.9. The van der Waals surface area contributed by atoms with Crippen molar-refractivity contribution >= 4 is 5.78 Å². The van der Waals surface area contributed by atoms with Gasteiger partial charge in [-0.2, -0.15) is 0 Å². The molecule has 0 bridgehead atoms. The molecule has 2 atom stereocenters. The fourth-order valence-corrected chi connectivity index (χ4v) is 4.42. The summed E-state index contributed by atoms with van der Waals surface area (Å²) in [6.45, 7) is 6.31. The van der Waals surface area contributed by atoms with E-state index in [0.717, 1.165) is 18.4 Å². The smallest absolute Gasteiger partial charge is 0.170 e. The zero-order chi connectivity index (χ0) is 21.1. The van der Waals surface area contributed by atoms with Gasteiger partial charge in [-0.05, 0) is 43.6 Å². The van der Waals surface area contributed by atoms with E-state index >= 15 is 0 Å². The van der Waals surface area contributed by atoms with Crippen LogP contribution in [0.4, 0.5) is 0 Å². The zero-order valence-corrected chi connectivity index (χ0v) is 17.4. The molecule has 29 heavy (non-hydrogen) atoms. The summed E-state index contributed by atoms with van der Waals surface area (Å²) in [7, 11) is 0. The van der Waals surface area contributed by atoms with Crippen molar-refractivity contribution in [1.29, 1.82) is 0 Å². The van der Waals surface area contributed by atoms with Gasteiger partial charge in [-0.1, -0.05) is 55.8 Å². The summed E-state index contributed by atoms with van der Waals surface area (Å²) in [4.78, 5) is 12.9. The highest BCUT2D eigenvalue weighted by molar-refractivity contribution is 6.02. The summed E-state index contributed by atoms with van der Waals surface area (Å²) in [5.74, 6) is -0.753. The van der Waals surface area contributed by atoms with Crippen LogP contribution in [-0.4, -0.2) is 21.1 Å². The van der Waals surface area contributed by atoms with Gasteiger partial charge < -0.3 is 15.3 Å². The quantitative estimate of drug-likeness (QED) is 0.433. The third-order valence-electron chi connectivity index (χ3n) is 6.05. The SMILES string of the molecule is CC1=CC(c2c(O)cc(O)c(C(=O)CCc3ccccc3)c2O)C(C(C)C)CC1. The molecule has 3 N–H and O–H groups in total. The van der Waals surface area contributed by atoms with E-state index in [-0.39, 0.29) is 46.9 Å². The maximum Gasteiger partial charge on any atom is 0.170 e. The predicted molar refractivity (Wildman–Crippen MR) is 115 cm³/mol. The first kappa shape index (κ1) is 21.0. The number of ketones is 1. The van der Waals surface area contributed by atoms with Crippen molar-refractivity contribution in [1.82, 2.24) is 0 Å². The molecule has 4 heteroatoms. The molecule has 154 valence electrons. The highest BCUT2D eigenvalue weighted by atomic mass is 16.3. The summed E-state index contributed by atoms with van der Waals surface area (Å²) in [6.07, 6.45) is 4.72. The molecule has 4 nitrogen and oxygen atoms in total. The lowest BCUT2D eigenvalue weighted by molar-refractivity contribution is 0.0977. The average Bonchev–Trinajstić information content (AvgIpc) is 2.66. The van der Waals surface area contributed by atoms with E-state index < -0.39 is 0 Å². The summed E-state index contributed by atoms with van der Waals surface area (Å²) >= 11 is 0. The Bertz CT molecular complexity index is 912. The minimum Gasteiger partial charge on any atom is -0.507 e. The van der Waals surface area contributed by atoms with Gasteiger partial charge in [0.25, 0.3) is 0 Å². The predicted octanol–water partition coefficient (Wildman–Crippen LogP) is 5.71. The molecule has 2 aromatic carbocycles. The topological polar surface area (TPSA) is 77.8 Å². The number of carbonyl (C=O) groups is 1. The molecule has 3 rings (SSSR count). The first-order valence-corrected chi connectivity index (χ1v) is 10.3. The Balaban J connectivity index is 1.97. The van der Waals surface area contributed by atoms with Crippen LogP contribution >= 0.6 is 0 Å². The minimum absolute atomic E-state index is 0.0899. The molecular formula is C25H30O4. The van der Waals surface area contributed by atoms with Gasteiger partial charge in [0, 0.05) is 24.0 Å². The van der Waals surface area contributed by atoms with Crippen molar-refractivity contribution in [3.8, 4) is 17.2 Å². The van der Waals surface area contributed by atoms with Crippen LogP contribution in [0.3, 0.4) is 0 Å². The second kappa shape index (κ2) is 8.73. The number of rotatable bonds is 6. The Morgan fingerprint density at radius 2 is 1.79 bits per heavy atom. The number of Topliss-reactive ketones (excluding diaryl/α,β-unsaturated/α-hetero) is 1. The van der Waals surface area contributed by atoms with Gasteiger partial charge in [-0.3, -0.25) is 4.79 Å². The van der Waals surface area contributed by atoms with Gasteiger partial charge in [0.15, 0.2) is 5.78 Å². The van der Waals surface area contributed by atoms with E-state index in [2.05, 4.69) is 19.9 Å². The fourth-order valence-electron chi connectivity index (χ4n) is 4.42. The molecule has 0 radical (unpaired) electrons. The van der Waals surface area contributed by atoms with Crippen LogP contribution in [0, 0.1) is 11.8 Å². The first-order valence-electron chi connectivity index (χ1n) is 10.3. The largest absolute Gasteiger partial charge is 0.507 e. The van der Waals surface area contributed by atoms with Crippen molar-refractivity contribution in [2.45, 2.75) is 52.4 Å². The number of hydrogen-bond donors (Lipinski definition) is 3. The van der Waals surface area contributed by atoms with Crippen molar-refractivity contribution in [3.05, 3.63) is 64.7 Å². The van der Waals surface area contributed by atoms with Crippen molar-refractivity contribution < 1.29 is 20.1 Å². The Kier molecular flexibility index (Phi) is 6.31. The van der Waals surface area contributed by atoms with E-state index in [1.165, 1.54) is 11.6 Å². The number of phenolic OH excluding ortho intramolecular Hbond substituents is 3. The second-order valence-electron chi connectivity index (χ2n) is 8.45. The van der Waals surface area contributed by atoms with Crippen LogP contribution in [0.25, 0.3) is 0 Å². The van der Waals surface area contributed by atoms with Gasteiger partial charge in [-0.25, -0.2) is 0 Å². The highest BCUT2D eigenvalue weighted by Crippen LogP contribution is 2.49. The van der Waals surface area contributed by atoms with Crippen molar-refractivity contribution in [3.63, 3.8) is 0 Å². The number of allylic oxidation sites excluding steroid dienone is 2. The van der Waals surface area contributed by atoms with E-state index in [4.69, 9.17) is 0 Å². The number of benzene rings is 2. The number of aromatic hydroxyl groups is 3. The first-order chi connectivity index (χ1) is 13.8. The molecule has 0 saturated heterocycles. The van der Waals surface area contributed by atoms with Gasteiger partial charge >= 0.3 is 0 Å². The van der Waals surface area contributed by atoms with Crippen molar-refractivity contribution in [2.75, 3.05) is 0 Å².